The minimum absolute atomic E-state index is 0.245. The first-order chi connectivity index (χ1) is 11.4. The van der Waals surface area contributed by atoms with Gasteiger partial charge in [0.25, 0.3) is 5.91 Å². The molecule has 124 valence electrons. The number of fused-ring (bicyclic) bond motifs is 1. The van der Waals surface area contributed by atoms with Crippen LogP contribution < -0.4 is 10.1 Å². The molecule has 2 heterocycles. The van der Waals surface area contributed by atoms with Crippen LogP contribution in [0.2, 0.25) is 5.02 Å². The molecule has 0 aliphatic heterocycles. The Morgan fingerprint density at radius 2 is 2.00 bits per heavy atom. The summed E-state index contributed by atoms with van der Waals surface area (Å²) in [5.41, 5.74) is 4.40. The van der Waals surface area contributed by atoms with Crippen molar-refractivity contribution in [2.45, 2.75) is 20.8 Å². The highest BCUT2D eigenvalue weighted by molar-refractivity contribution is 6.31. The number of anilines is 1. The van der Waals surface area contributed by atoms with E-state index in [0.717, 1.165) is 16.8 Å². The lowest BCUT2D eigenvalue weighted by molar-refractivity contribution is 0.102. The highest BCUT2D eigenvalue weighted by atomic mass is 35.5. The minimum Gasteiger partial charge on any atom is -0.495 e. The zero-order valence-electron chi connectivity index (χ0n) is 14.0. The summed E-state index contributed by atoms with van der Waals surface area (Å²) in [7, 11) is 1.54. The van der Waals surface area contributed by atoms with Gasteiger partial charge in [0.2, 0.25) is 0 Å². The van der Waals surface area contributed by atoms with Crippen LogP contribution in [-0.2, 0) is 0 Å². The summed E-state index contributed by atoms with van der Waals surface area (Å²) < 4.78 is 7.12. The number of aryl methyl sites for hydroxylation is 3. The second-order valence-corrected chi connectivity index (χ2v) is 6.09. The van der Waals surface area contributed by atoms with Gasteiger partial charge in [-0.05, 0) is 44.0 Å². The molecular formula is C18H18ClN3O2. The van der Waals surface area contributed by atoms with Gasteiger partial charge in [0.1, 0.15) is 17.1 Å². The second kappa shape index (κ2) is 6.17. The van der Waals surface area contributed by atoms with E-state index < -0.39 is 0 Å². The standard InChI is InChI=1S/C18H18ClN3O2/c1-10-6-5-7-22-16(12(3)20-17(10)22)18(23)21-14-8-11(2)13(19)9-15(14)24-4/h5-9H,1-4H3,(H,21,23). The van der Waals surface area contributed by atoms with E-state index in [1.54, 1.807) is 23.6 Å². The zero-order valence-corrected chi connectivity index (χ0v) is 14.7. The average molecular weight is 344 g/mol. The summed E-state index contributed by atoms with van der Waals surface area (Å²) in [6, 6.07) is 7.35. The minimum atomic E-state index is -0.245. The van der Waals surface area contributed by atoms with Crippen LogP contribution in [0.3, 0.4) is 0 Å². The molecule has 0 radical (unpaired) electrons. The zero-order chi connectivity index (χ0) is 17.4. The molecule has 1 amide bonds. The number of rotatable bonds is 3. The van der Waals surface area contributed by atoms with Crippen molar-refractivity contribution in [3.63, 3.8) is 0 Å². The first-order valence-electron chi connectivity index (χ1n) is 7.52. The lowest BCUT2D eigenvalue weighted by atomic mass is 10.2. The molecule has 5 nitrogen and oxygen atoms in total. The van der Waals surface area contributed by atoms with Gasteiger partial charge in [0, 0.05) is 17.3 Å². The van der Waals surface area contributed by atoms with E-state index in [1.165, 1.54) is 0 Å². The van der Waals surface area contributed by atoms with Crippen LogP contribution in [0.4, 0.5) is 5.69 Å². The Bertz CT molecular complexity index is 947. The molecule has 3 rings (SSSR count). The molecule has 1 N–H and O–H groups in total. The molecule has 0 unspecified atom stereocenters. The van der Waals surface area contributed by atoms with Crippen molar-refractivity contribution < 1.29 is 9.53 Å². The number of hydrogen-bond donors (Lipinski definition) is 1. The first-order valence-corrected chi connectivity index (χ1v) is 7.90. The van der Waals surface area contributed by atoms with Gasteiger partial charge in [-0.15, -0.1) is 0 Å². The van der Waals surface area contributed by atoms with Gasteiger partial charge in [-0.25, -0.2) is 4.98 Å². The van der Waals surface area contributed by atoms with Gasteiger partial charge in [0.15, 0.2) is 0 Å². The summed E-state index contributed by atoms with van der Waals surface area (Å²) in [4.78, 5) is 17.3. The molecule has 3 aromatic rings. The Balaban J connectivity index is 2.04. The van der Waals surface area contributed by atoms with Gasteiger partial charge < -0.3 is 10.1 Å². The van der Waals surface area contributed by atoms with Crippen molar-refractivity contribution in [1.29, 1.82) is 0 Å². The highest BCUT2D eigenvalue weighted by Gasteiger charge is 2.19. The highest BCUT2D eigenvalue weighted by Crippen LogP contribution is 2.31. The molecule has 0 aliphatic rings. The Morgan fingerprint density at radius 1 is 1.25 bits per heavy atom. The molecule has 2 aromatic heterocycles. The molecule has 0 saturated carbocycles. The fraction of sp³-hybridized carbons (Fsp3) is 0.222. The van der Waals surface area contributed by atoms with Crippen molar-refractivity contribution in [3.8, 4) is 5.75 Å². The van der Waals surface area contributed by atoms with Crippen molar-refractivity contribution in [3.05, 3.63) is 58.0 Å². The van der Waals surface area contributed by atoms with Crippen LogP contribution in [0.25, 0.3) is 5.65 Å². The Hall–Kier alpha value is -2.53. The Labute approximate surface area is 145 Å². The summed E-state index contributed by atoms with van der Waals surface area (Å²) in [5.74, 6) is 0.271. The number of carbonyl (C=O) groups is 1. The Kier molecular flexibility index (Phi) is 4.20. The molecule has 1 aromatic carbocycles. The van der Waals surface area contributed by atoms with Crippen LogP contribution in [0.15, 0.2) is 30.5 Å². The van der Waals surface area contributed by atoms with Crippen LogP contribution in [0, 0.1) is 20.8 Å². The van der Waals surface area contributed by atoms with E-state index in [-0.39, 0.29) is 5.91 Å². The van der Waals surface area contributed by atoms with Crippen molar-refractivity contribution in [2.75, 3.05) is 12.4 Å². The third-order valence-corrected chi connectivity index (χ3v) is 4.37. The van der Waals surface area contributed by atoms with Crippen LogP contribution in [0.1, 0.15) is 27.3 Å². The molecule has 0 saturated heterocycles. The maximum absolute atomic E-state index is 12.8. The molecule has 0 atom stereocenters. The van der Waals surface area contributed by atoms with Crippen molar-refractivity contribution in [1.82, 2.24) is 9.38 Å². The lowest BCUT2D eigenvalue weighted by Crippen LogP contribution is -2.16. The van der Waals surface area contributed by atoms with Crippen LogP contribution in [-0.4, -0.2) is 22.4 Å². The number of aromatic nitrogens is 2. The van der Waals surface area contributed by atoms with E-state index in [9.17, 15) is 4.79 Å². The predicted molar refractivity (Wildman–Crippen MR) is 95.4 cm³/mol. The molecule has 0 fully saturated rings. The SMILES string of the molecule is COc1cc(Cl)c(C)cc1NC(=O)c1c(C)nc2c(C)cccn12. The first kappa shape index (κ1) is 16.3. The number of methoxy groups -OCH3 is 1. The normalized spacial score (nSPS) is 10.9. The number of nitrogens with zero attached hydrogens (tertiary/aromatic N) is 2. The predicted octanol–water partition coefficient (Wildman–Crippen LogP) is 4.17. The molecule has 0 bridgehead atoms. The molecule has 6 heteroatoms. The quantitative estimate of drug-likeness (QED) is 0.776. The van der Waals surface area contributed by atoms with E-state index >= 15 is 0 Å². The maximum Gasteiger partial charge on any atom is 0.274 e. The number of carbonyl (C=O) groups excluding carboxylic acids is 1. The second-order valence-electron chi connectivity index (χ2n) is 5.69. The van der Waals surface area contributed by atoms with Crippen molar-refractivity contribution in [2.24, 2.45) is 0 Å². The third-order valence-electron chi connectivity index (χ3n) is 3.96. The van der Waals surface area contributed by atoms with Crippen LogP contribution >= 0.6 is 11.6 Å². The molecule has 0 spiro atoms. The Morgan fingerprint density at radius 3 is 2.71 bits per heavy atom. The monoisotopic (exact) mass is 343 g/mol. The third kappa shape index (κ3) is 2.71. The van der Waals surface area contributed by atoms with Gasteiger partial charge in [0.05, 0.1) is 18.5 Å². The van der Waals surface area contributed by atoms with E-state index in [4.69, 9.17) is 16.3 Å². The van der Waals surface area contributed by atoms with E-state index in [0.29, 0.717) is 27.8 Å². The molecule has 0 aliphatic carbocycles. The van der Waals surface area contributed by atoms with Crippen molar-refractivity contribution >= 4 is 28.8 Å². The number of hydrogen-bond acceptors (Lipinski definition) is 3. The largest absolute Gasteiger partial charge is 0.495 e. The fourth-order valence-electron chi connectivity index (χ4n) is 2.70. The number of pyridine rings is 1. The summed E-state index contributed by atoms with van der Waals surface area (Å²) in [6.45, 7) is 5.67. The number of nitrogens with one attached hydrogen (secondary N) is 1. The number of halogens is 1. The van der Waals surface area contributed by atoms with Gasteiger partial charge in [-0.1, -0.05) is 17.7 Å². The number of amides is 1. The summed E-state index contributed by atoms with van der Waals surface area (Å²) in [6.07, 6.45) is 1.83. The molecular weight excluding hydrogens is 326 g/mol. The summed E-state index contributed by atoms with van der Waals surface area (Å²) in [5, 5.41) is 3.49. The lowest BCUT2D eigenvalue weighted by Gasteiger charge is -2.12. The molecule has 24 heavy (non-hydrogen) atoms. The average Bonchev–Trinajstić information content (AvgIpc) is 2.88. The van der Waals surface area contributed by atoms with Gasteiger partial charge >= 0.3 is 0 Å². The number of imidazole rings is 1. The van der Waals surface area contributed by atoms with E-state index in [1.807, 2.05) is 39.1 Å². The number of benzene rings is 1. The van der Waals surface area contributed by atoms with Crippen LogP contribution in [0.5, 0.6) is 5.75 Å². The smallest absolute Gasteiger partial charge is 0.274 e. The van der Waals surface area contributed by atoms with Gasteiger partial charge in [-0.2, -0.15) is 0 Å². The fourth-order valence-corrected chi connectivity index (χ4v) is 2.86. The number of ether oxygens (including phenoxy) is 1. The summed E-state index contributed by atoms with van der Waals surface area (Å²) >= 11 is 6.11. The topological polar surface area (TPSA) is 55.6 Å². The van der Waals surface area contributed by atoms with Gasteiger partial charge in [-0.3, -0.25) is 9.20 Å². The van der Waals surface area contributed by atoms with E-state index in [2.05, 4.69) is 10.3 Å². The maximum atomic E-state index is 12.8.